The molecule has 2 aromatic rings. The summed E-state index contributed by atoms with van der Waals surface area (Å²) in [4.78, 5) is 11.0. The largest absolute Gasteiger partial charge is 0.380 e. The maximum atomic E-state index is 8.73. The summed E-state index contributed by atoms with van der Waals surface area (Å²) in [6.45, 7) is 2.46. The standard InChI is InChI=1S/C15H16BrN5/c16-11-9-14-15(19-10-11)13(1-5-18-14)20-12-2-6-21(7-3-12)8-4-17/h1,5,9-10,12H,2-3,6-8H2,(H,18,20). The first-order chi connectivity index (χ1) is 10.3. The van der Waals surface area contributed by atoms with Crippen molar-refractivity contribution >= 4 is 32.7 Å². The van der Waals surface area contributed by atoms with Gasteiger partial charge in [0.1, 0.15) is 5.52 Å². The molecule has 1 fully saturated rings. The molecule has 1 saturated heterocycles. The fourth-order valence-corrected chi connectivity index (χ4v) is 3.00. The van der Waals surface area contributed by atoms with Crippen molar-refractivity contribution in [2.24, 2.45) is 0 Å². The molecular weight excluding hydrogens is 330 g/mol. The Balaban J connectivity index is 1.73. The number of hydrogen-bond acceptors (Lipinski definition) is 5. The highest BCUT2D eigenvalue weighted by atomic mass is 79.9. The van der Waals surface area contributed by atoms with Crippen LogP contribution in [0.25, 0.3) is 11.0 Å². The molecule has 3 rings (SSSR count). The Morgan fingerprint density at radius 3 is 2.95 bits per heavy atom. The van der Waals surface area contributed by atoms with Gasteiger partial charge in [0, 0.05) is 36.0 Å². The van der Waals surface area contributed by atoms with Gasteiger partial charge in [-0.05, 0) is 40.9 Å². The Morgan fingerprint density at radius 2 is 2.19 bits per heavy atom. The number of likely N-dealkylation sites (tertiary alicyclic amines) is 1. The van der Waals surface area contributed by atoms with Crippen molar-refractivity contribution in [1.29, 1.82) is 5.26 Å². The third-order valence-electron chi connectivity index (χ3n) is 3.79. The molecule has 3 heterocycles. The minimum absolute atomic E-state index is 0.427. The van der Waals surface area contributed by atoms with Crippen molar-refractivity contribution in [3.8, 4) is 6.07 Å². The summed E-state index contributed by atoms with van der Waals surface area (Å²) in [5, 5.41) is 12.3. The first-order valence-electron chi connectivity index (χ1n) is 7.02. The molecule has 1 N–H and O–H groups in total. The maximum Gasteiger partial charge on any atom is 0.112 e. The van der Waals surface area contributed by atoms with Crippen LogP contribution in [-0.4, -0.2) is 40.5 Å². The number of halogens is 1. The lowest BCUT2D eigenvalue weighted by Gasteiger charge is -2.31. The SMILES string of the molecule is N#CCN1CCC(Nc2ccnc3cc(Br)cnc23)CC1. The number of aromatic nitrogens is 2. The van der Waals surface area contributed by atoms with Gasteiger partial charge in [0.05, 0.1) is 23.8 Å². The van der Waals surface area contributed by atoms with Gasteiger partial charge in [-0.25, -0.2) is 0 Å². The van der Waals surface area contributed by atoms with E-state index in [1.54, 1.807) is 6.20 Å². The highest BCUT2D eigenvalue weighted by Gasteiger charge is 2.19. The van der Waals surface area contributed by atoms with Crippen LogP contribution in [0.4, 0.5) is 5.69 Å². The van der Waals surface area contributed by atoms with Crippen LogP contribution >= 0.6 is 15.9 Å². The molecule has 0 unspecified atom stereocenters. The fraction of sp³-hybridized carbons (Fsp3) is 0.400. The van der Waals surface area contributed by atoms with Gasteiger partial charge in [0.25, 0.3) is 0 Å². The van der Waals surface area contributed by atoms with Crippen LogP contribution in [-0.2, 0) is 0 Å². The second kappa shape index (κ2) is 6.37. The van der Waals surface area contributed by atoms with Crippen LogP contribution in [0.15, 0.2) is 29.0 Å². The second-order valence-corrected chi connectivity index (χ2v) is 6.15. The van der Waals surface area contributed by atoms with Crippen LogP contribution in [0, 0.1) is 11.3 Å². The molecule has 6 heteroatoms. The van der Waals surface area contributed by atoms with Gasteiger partial charge in [0.2, 0.25) is 0 Å². The molecule has 21 heavy (non-hydrogen) atoms. The minimum atomic E-state index is 0.427. The maximum absolute atomic E-state index is 8.73. The highest BCUT2D eigenvalue weighted by Crippen LogP contribution is 2.24. The summed E-state index contributed by atoms with van der Waals surface area (Å²) in [6.07, 6.45) is 5.69. The summed E-state index contributed by atoms with van der Waals surface area (Å²) in [6, 6.07) is 6.59. The average Bonchev–Trinajstić information content (AvgIpc) is 2.49. The van der Waals surface area contributed by atoms with Crippen LogP contribution < -0.4 is 5.32 Å². The predicted molar refractivity (Wildman–Crippen MR) is 85.9 cm³/mol. The summed E-state index contributed by atoms with van der Waals surface area (Å²) >= 11 is 3.42. The Kier molecular flexibility index (Phi) is 4.32. The zero-order chi connectivity index (χ0) is 14.7. The van der Waals surface area contributed by atoms with Crippen LogP contribution in [0.3, 0.4) is 0 Å². The average molecular weight is 346 g/mol. The minimum Gasteiger partial charge on any atom is -0.380 e. The van der Waals surface area contributed by atoms with Crippen molar-refractivity contribution < 1.29 is 0 Å². The van der Waals surface area contributed by atoms with Crippen molar-refractivity contribution in [3.63, 3.8) is 0 Å². The Bertz CT molecular complexity index is 673. The van der Waals surface area contributed by atoms with Crippen molar-refractivity contribution in [1.82, 2.24) is 14.9 Å². The molecule has 0 amide bonds. The van der Waals surface area contributed by atoms with E-state index in [1.807, 2.05) is 18.3 Å². The van der Waals surface area contributed by atoms with Gasteiger partial charge >= 0.3 is 0 Å². The summed E-state index contributed by atoms with van der Waals surface area (Å²) < 4.78 is 0.935. The summed E-state index contributed by atoms with van der Waals surface area (Å²) in [7, 11) is 0. The van der Waals surface area contributed by atoms with Crippen molar-refractivity contribution in [2.45, 2.75) is 18.9 Å². The molecule has 108 valence electrons. The molecule has 0 bridgehead atoms. The quantitative estimate of drug-likeness (QED) is 0.866. The third kappa shape index (κ3) is 3.31. The monoisotopic (exact) mass is 345 g/mol. The van der Waals surface area contributed by atoms with E-state index >= 15 is 0 Å². The van der Waals surface area contributed by atoms with E-state index in [0.29, 0.717) is 12.6 Å². The topological polar surface area (TPSA) is 64.8 Å². The van der Waals surface area contributed by atoms with E-state index in [1.165, 1.54) is 0 Å². The Hall–Kier alpha value is -1.71. The number of nitrogens with zero attached hydrogens (tertiary/aromatic N) is 4. The first-order valence-corrected chi connectivity index (χ1v) is 7.81. The van der Waals surface area contributed by atoms with Gasteiger partial charge in [-0.3, -0.25) is 14.9 Å². The summed E-state index contributed by atoms with van der Waals surface area (Å²) in [5.74, 6) is 0. The lowest BCUT2D eigenvalue weighted by Crippen LogP contribution is -2.39. The fourth-order valence-electron chi connectivity index (χ4n) is 2.68. The molecule has 1 aliphatic rings. The smallest absolute Gasteiger partial charge is 0.112 e. The first kappa shape index (κ1) is 14.2. The zero-order valence-electron chi connectivity index (χ0n) is 11.6. The normalized spacial score (nSPS) is 16.8. The lowest BCUT2D eigenvalue weighted by molar-refractivity contribution is 0.242. The molecular formula is C15H16BrN5. The van der Waals surface area contributed by atoms with E-state index < -0.39 is 0 Å². The van der Waals surface area contributed by atoms with Crippen LogP contribution in [0.5, 0.6) is 0 Å². The Labute approximate surface area is 132 Å². The number of fused-ring (bicyclic) bond motifs is 1. The number of piperidine rings is 1. The van der Waals surface area contributed by atoms with E-state index in [9.17, 15) is 0 Å². The van der Waals surface area contributed by atoms with Crippen molar-refractivity contribution in [3.05, 3.63) is 29.0 Å². The lowest BCUT2D eigenvalue weighted by atomic mass is 10.0. The van der Waals surface area contributed by atoms with Gasteiger partial charge < -0.3 is 5.32 Å². The zero-order valence-corrected chi connectivity index (χ0v) is 13.2. The van der Waals surface area contributed by atoms with Crippen LogP contribution in [0.1, 0.15) is 12.8 Å². The Morgan fingerprint density at radius 1 is 1.38 bits per heavy atom. The number of anilines is 1. The molecule has 0 atom stereocenters. The molecule has 0 aliphatic carbocycles. The number of hydrogen-bond donors (Lipinski definition) is 1. The second-order valence-electron chi connectivity index (χ2n) is 5.23. The van der Waals surface area contributed by atoms with Gasteiger partial charge in [-0.2, -0.15) is 5.26 Å². The van der Waals surface area contributed by atoms with Gasteiger partial charge in [-0.15, -0.1) is 0 Å². The number of rotatable bonds is 3. The molecule has 0 spiro atoms. The highest BCUT2D eigenvalue weighted by molar-refractivity contribution is 9.10. The van der Waals surface area contributed by atoms with Gasteiger partial charge in [-0.1, -0.05) is 0 Å². The molecule has 5 nitrogen and oxygen atoms in total. The molecule has 1 aliphatic heterocycles. The molecule has 2 aromatic heterocycles. The molecule has 0 saturated carbocycles. The van der Waals surface area contributed by atoms with E-state index in [0.717, 1.165) is 47.1 Å². The van der Waals surface area contributed by atoms with Crippen molar-refractivity contribution in [2.75, 3.05) is 25.0 Å². The predicted octanol–water partition coefficient (Wildman–Crippen LogP) is 2.79. The van der Waals surface area contributed by atoms with E-state index in [-0.39, 0.29) is 0 Å². The summed E-state index contributed by atoms with van der Waals surface area (Å²) in [5.41, 5.74) is 2.82. The van der Waals surface area contributed by atoms with E-state index in [4.69, 9.17) is 5.26 Å². The molecule has 0 radical (unpaired) electrons. The van der Waals surface area contributed by atoms with E-state index in [2.05, 4.69) is 42.2 Å². The van der Waals surface area contributed by atoms with Crippen LogP contribution in [0.2, 0.25) is 0 Å². The molecule has 0 aromatic carbocycles. The van der Waals surface area contributed by atoms with Gasteiger partial charge in [0.15, 0.2) is 0 Å². The number of pyridine rings is 2. The number of nitrogens with one attached hydrogen (secondary N) is 1. The third-order valence-corrected chi connectivity index (χ3v) is 4.22. The number of nitriles is 1.